The molecule has 0 spiro atoms. The van der Waals surface area contributed by atoms with E-state index >= 15 is 0 Å². The van der Waals surface area contributed by atoms with E-state index in [1.165, 1.54) is 40.9 Å². The van der Waals surface area contributed by atoms with Gasteiger partial charge in [0.1, 0.15) is 28.6 Å². The molecular weight excluding hydrogens is 604 g/mol. The van der Waals surface area contributed by atoms with Crippen LogP contribution in [0.15, 0.2) is 70.5 Å². The van der Waals surface area contributed by atoms with Gasteiger partial charge in [-0.25, -0.2) is 13.2 Å². The molecule has 3 aromatic rings. The Hall–Kier alpha value is -4.43. The van der Waals surface area contributed by atoms with E-state index in [-0.39, 0.29) is 17.1 Å². The molecule has 0 aliphatic rings. The zero-order valence-electron chi connectivity index (χ0n) is 26.2. The van der Waals surface area contributed by atoms with E-state index in [4.69, 9.17) is 14.2 Å². The third-order valence-electron chi connectivity index (χ3n) is 5.83. The number of pyridine rings is 2. The van der Waals surface area contributed by atoms with E-state index in [2.05, 4.69) is 15.4 Å². The lowest BCUT2D eigenvalue weighted by atomic mass is 10.2. The summed E-state index contributed by atoms with van der Waals surface area (Å²) in [4.78, 5) is 50.9. The summed E-state index contributed by atoms with van der Waals surface area (Å²) in [6, 6.07) is 12.2. The van der Waals surface area contributed by atoms with Crippen LogP contribution in [0.3, 0.4) is 0 Å². The van der Waals surface area contributed by atoms with Gasteiger partial charge in [-0.15, -0.1) is 0 Å². The van der Waals surface area contributed by atoms with Gasteiger partial charge in [0.15, 0.2) is 0 Å². The average molecular weight is 645 g/mol. The number of fused-ring (bicyclic) bond motifs is 1. The summed E-state index contributed by atoms with van der Waals surface area (Å²) >= 11 is 0. The largest absolute Gasteiger partial charge is 0.492 e. The minimum Gasteiger partial charge on any atom is -0.492 e. The fourth-order valence-corrected chi connectivity index (χ4v) is 5.10. The van der Waals surface area contributed by atoms with Crippen molar-refractivity contribution < 1.29 is 37.0 Å². The molecule has 1 atom stereocenters. The molecule has 0 aliphatic carbocycles. The van der Waals surface area contributed by atoms with Crippen LogP contribution < -0.4 is 25.7 Å². The summed E-state index contributed by atoms with van der Waals surface area (Å²) in [5, 5.41) is 5.11. The van der Waals surface area contributed by atoms with Gasteiger partial charge in [-0.1, -0.05) is 18.2 Å². The number of esters is 1. The fraction of sp³-hybridized carbons (Fsp3) is 0.419. The maximum absolute atomic E-state index is 13.2. The standard InChI is InChI=1S/C31H40N4O9S/c1-30(2,3)43-28(38)25(34-45(40,41)23-11-8-7-9-12-23)19-33-26(36)24-16-14-21-13-15-22(20-35(21)27(24)37)42-18-10-17-32-29(39)44-31(4,5)6/h7-9,11-16,20,25,34H,10,17-19H2,1-6H3,(H,32,39)(H,33,36). The van der Waals surface area contributed by atoms with Crippen molar-refractivity contribution in [3.63, 3.8) is 0 Å². The Labute approximate surface area is 262 Å². The first-order valence-corrected chi connectivity index (χ1v) is 15.8. The lowest BCUT2D eigenvalue weighted by molar-refractivity contribution is -0.156. The van der Waals surface area contributed by atoms with Crippen molar-refractivity contribution in [2.45, 2.75) is 70.1 Å². The van der Waals surface area contributed by atoms with Crippen LogP contribution in [0.1, 0.15) is 58.3 Å². The molecule has 0 aliphatic heterocycles. The molecule has 0 saturated carbocycles. The number of carbonyl (C=O) groups is 3. The summed E-state index contributed by atoms with van der Waals surface area (Å²) in [5.74, 6) is -1.36. The second-order valence-electron chi connectivity index (χ2n) is 12.1. The molecule has 0 saturated heterocycles. The fourth-order valence-electron chi connectivity index (χ4n) is 3.89. The topological polar surface area (TPSA) is 171 Å². The first-order valence-electron chi connectivity index (χ1n) is 14.3. The van der Waals surface area contributed by atoms with Crippen molar-refractivity contribution >= 4 is 33.5 Å². The molecule has 2 heterocycles. The maximum atomic E-state index is 13.2. The Bertz CT molecular complexity index is 1680. The summed E-state index contributed by atoms with van der Waals surface area (Å²) in [7, 11) is -4.15. The summed E-state index contributed by atoms with van der Waals surface area (Å²) in [6.45, 7) is 10.3. The second kappa shape index (κ2) is 14.6. The van der Waals surface area contributed by atoms with Gasteiger partial charge < -0.3 is 24.8 Å². The van der Waals surface area contributed by atoms with E-state index in [0.717, 1.165) is 0 Å². The Kier molecular flexibility index (Phi) is 11.3. The van der Waals surface area contributed by atoms with Crippen molar-refractivity contribution in [1.82, 2.24) is 19.8 Å². The minimum absolute atomic E-state index is 0.0741. The summed E-state index contributed by atoms with van der Waals surface area (Å²) in [6.07, 6.45) is 1.38. The molecule has 3 rings (SSSR count). The number of alkyl carbamates (subject to hydrolysis) is 1. The first-order chi connectivity index (χ1) is 20.9. The van der Waals surface area contributed by atoms with Gasteiger partial charge in [-0.3, -0.25) is 18.8 Å². The highest BCUT2D eigenvalue weighted by molar-refractivity contribution is 7.89. The van der Waals surface area contributed by atoms with Gasteiger partial charge >= 0.3 is 12.1 Å². The molecule has 1 aromatic carbocycles. The quantitative estimate of drug-likeness (QED) is 0.198. The third kappa shape index (κ3) is 10.9. The SMILES string of the molecule is CC(C)(C)OC(=O)NCCCOc1ccc2ccc(C(=O)NCC(NS(=O)(=O)c3ccccc3)C(=O)OC(C)(C)C)c(=O)n2c1. The van der Waals surface area contributed by atoms with Crippen molar-refractivity contribution in [2.75, 3.05) is 19.7 Å². The van der Waals surface area contributed by atoms with Crippen LogP contribution in [-0.4, -0.2) is 67.7 Å². The molecule has 3 N–H and O–H groups in total. The molecule has 14 heteroatoms. The monoisotopic (exact) mass is 644 g/mol. The normalized spacial score (nSPS) is 12.7. The van der Waals surface area contributed by atoms with Crippen LogP contribution in [0, 0.1) is 0 Å². The van der Waals surface area contributed by atoms with Gasteiger partial charge in [-0.05, 0) is 84.4 Å². The second-order valence-corrected chi connectivity index (χ2v) is 13.8. The van der Waals surface area contributed by atoms with E-state index in [9.17, 15) is 27.6 Å². The zero-order chi connectivity index (χ0) is 33.4. The predicted octanol–water partition coefficient (Wildman–Crippen LogP) is 3.01. The third-order valence-corrected chi connectivity index (χ3v) is 7.32. The van der Waals surface area contributed by atoms with Crippen LogP contribution in [0.4, 0.5) is 4.79 Å². The van der Waals surface area contributed by atoms with Crippen molar-refractivity contribution in [1.29, 1.82) is 0 Å². The smallest absolute Gasteiger partial charge is 0.407 e. The number of amides is 2. The number of carbonyl (C=O) groups excluding carboxylic acids is 3. The lowest BCUT2D eigenvalue weighted by Crippen LogP contribution is -2.50. The number of nitrogens with one attached hydrogen (secondary N) is 3. The highest BCUT2D eigenvalue weighted by atomic mass is 32.2. The first kappa shape index (κ1) is 35.1. The van der Waals surface area contributed by atoms with Crippen molar-refractivity contribution in [3.05, 3.63) is 76.7 Å². The van der Waals surface area contributed by atoms with Gasteiger partial charge in [0, 0.05) is 18.6 Å². The number of sulfonamides is 1. The number of hydrogen-bond acceptors (Lipinski definition) is 9. The van der Waals surface area contributed by atoms with E-state index < -0.39 is 57.3 Å². The molecule has 13 nitrogen and oxygen atoms in total. The van der Waals surface area contributed by atoms with Crippen LogP contribution >= 0.6 is 0 Å². The highest BCUT2D eigenvalue weighted by Gasteiger charge is 2.30. The van der Waals surface area contributed by atoms with Gasteiger partial charge in [0.2, 0.25) is 10.0 Å². The van der Waals surface area contributed by atoms with E-state index in [1.54, 1.807) is 65.8 Å². The molecule has 0 fully saturated rings. The Morgan fingerprint density at radius 2 is 1.51 bits per heavy atom. The zero-order valence-corrected chi connectivity index (χ0v) is 27.0. The molecule has 45 heavy (non-hydrogen) atoms. The molecule has 244 valence electrons. The summed E-state index contributed by atoms with van der Waals surface area (Å²) < 4.78 is 45.7. The molecule has 0 bridgehead atoms. The van der Waals surface area contributed by atoms with Crippen LogP contribution in [-0.2, 0) is 24.3 Å². The molecule has 1 unspecified atom stereocenters. The van der Waals surface area contributed by atoms with Gasteiger partial charge in [-0.2, -0.15) is 4.72 Å². The highest BCUT2D eigenvalue weighted by Crippen LogP contribution is 2.14. The number of hydrogen-bond donors (Lipinski definition) is 3. The maximum Gasteiger partial charge on any atom is 0.407 e. The predicted molar refractivity (Wildman–Crippen MR) is 167 cm³/mol. The average Bonchev–Trinajstić information content (AvgIpc) is 2.94. The molecule has 0 radical (unpaired) electrons. The Balaban J connectivity index is 1.69. The number of rotatable bonds is 12. The Morgan fingerprint density at radius 3 is 2.16 bits per heavy atom. The molecule has 2 amide bonds. The minimum atomic E-state index is -4.15. The molecular formula is C31H40N4O9S. The lowest BCUT2D eigenvalue weighted by Gasteiger charge is -2.24. The van der Waals surface area contributed by atoms with Crippen molar-refractivity contribution in [2.24, 2.45) is 0 Å². The number of ether oxygens (including phenoxy) is 3. The Morgan fingerprint density at radius 1 is 0.867 bits per heavy atom. The number of nitrogens with zero attached hydrogens (tertiary/aromatic N) is 1. The molecule has 2 aromatic heterocycles. The van der Waals surface area contributed by atoms with E-state index in [1.807, 2.05) is 0 Å². The number of benzene rings is 1. The van der Waals surface area contributed by atoms with Gasteiger partial charge in [0.05, 0.1) is 17.7 Å². The number of aromatic nitrogens is 1. The van der Waals surface area contributed by atoms with Crippen LogP contribution in [0.25, 0.3) is 5.52 Å². The van der Waals surface area contributed by atoms with Gasteiger partial charge in [0.25, 0.3) is 11.5 Å². The van der Waals surface area contributed by atoms with Crippen LogP contribution in [0.2, 0.25) is 0 Å². The van der Waals surface area contributed by atoms with Crippen LogP contribution in [0.5, 0.6) is 5.75 Å². The van der Waals surface area contributed by atoms with E-state index in [0.29, 0.717) is 24.2 Å². The van der Waals surface area contributed by atoms with Crippen molar-refractivity contribution in [3.8, 4) is 5.75 Å². The summed E-state index contributed by atoms with van der Waals surface area (Å²) in [5.41, 5.74) is -1.92.